The van der Waals surface area contributed by atoms with Gasteiger partial charge in [0.25, 0.3) is 11.5 Å². The number of nitriles is 1. The van der Waals surface area contributed by atoms with E-state index >= 15 is 0 Å². The molecular formula is C24H25N5O3. The minimum atomic E-state index is -0.571. The Morgan fingerprint density at radius 2 is 1.84 bits per heavy atom. The number of para-hydroxylation sites is 1. The van der Waals surface area contributed by atoms with Crippen molar-refractivity contribution in [2.45, 2.75) is 6.92 Å². The number of rotatable bonds is 4. The number of hydrogen-bond acceptors (Lipinski definition) is 6. The lowest BCUT2D eigenvalue weighted by Crippen LogP contribution is -2.34. The third-order valence-electron chi connectivity index (χ3n) is 4.66. The van der Waals surface area contributed by atoms with Crippen LogP contribution in [0.2, 0.25) is 0 Å². The van der Waals surface area contributed by atoms with Crippen molar-refractivity contribution in [3.05, 3.63) is 82.1 Å². The summed E-state index contributed by atoms with van der Waals surface area (Å²) in [4.78, 5) is 25.2. The molecule has 164 valence electrons. The number of amides is 1. The summed E-state index contributed by atoms with van der Waals surface area (Å²) in [7, 11) is 0. The highest BCUT2D eigenvalue weighted by molar-refractivity contribution is 5.94. The third kappa shape index (κ3) is 5.66. The molecule has 0 unspecified atom stereocenters. The Labute approximate surface area is 186 Å². The van der Waals surface area contributed by atoms with Gasteiger partial charge in [0, 0.05) is 25.2 Å². The highest BCUT2D eigenvalue weighted by Gasteiger charge is 2.18. The summed E-state index contributed by atoms with van der Waals surface area (Å²) in [5.41, 5.74) is 1.28. The molecule has 0 saturated carbocycles. The molecule has 2 N–H and O–H groups in total. The van der Waals surface area contributed by atoms with Crippen LogP contribution in [-0.2, 0) is 4.74 Å². The summed E-state index contributed by atoms with van der Waals surface area (Å²) in [5.74, 6) is -0.472. The van der Waals surface area contributed by atoms with E-state index in [-0.39, 0.29) is 5.56 Å². The Kier molecular flexibility index (Phi) is 8.26. The predicted molar refractivity (Wildman–Crippen MR) is 122 cm³/mol. The number of nitrogens with zero attached hydrogens (tertiary/aromatic N) is 3. The molecule has 1 fully saturated rings. The molecule has 1 aliphatic rings. The molecule has 2 aromatic carbocycles. The van der Waals surface area contributed by atoms with Gasteiger partial charge in [-0.3, -0.25) is 9.59 Å². The molecule has 1 aromatic heterocycles. The largest absolute Gasteiger partial charge is 0.379 e. The Hall–Kier alpha value is -3.80. The highest BCUT2D eigenvalue weighted by Crippen LogP contribution is 2.18. The van der Waals surface area contributed by atoms with Crippen molar-refractivity contribution >= 4 is 5.91 Å². The van der Waals surface area contributed by atoms with Crippen LogP contribution >= 0.6 is 0 Å². The Bertz CT molecular complexity index is 1140. The minimum absolute atomic E-state index is 0.0200. The molecule has 0 spiro atoms. The fourth-order valence-electron chi connectivity index (χ4n) is 3.09. The van der Waals surface area contributed by atoms with Crippen LogP contribution in [0.1, 0.15) is 22.8 Å². The number of nitrogens with one attached hydrogen (secondary N) is 2. The lowest BCUT2D eigenvalue weighted by atomic mass is 10.1. The normalized spacial score (nSPS) is 12.8. The van der Waals surface area contributed by atoms with Crippen molar-refractivity contribution in [3.63, 3.8) is 0 Å². The van der Waals surface area contributed by atoms with E-state index in [2.05, 4.69) is 21.8 Å². The van der Waals surface area contributed by atoms with E-state index in [9.17, 15) is 14.9 Å². The molecule has 32 heavy (non-hydrogen) atoms. The van der Waals surface area contributed by atoms with E-state index in [4.69, 9.17) is 4.74 Å². The molecule has 2 heterocycles. The first-order valence-corrected chi connectivity index (χ1v) is 10.4. The van der Waals surface area contributed by atoms with Gasteiger partial charge in [0.15, 0.2) is 0 Å². The average molecular weight is 431 g/mol. The fraction of sp³-hybridized carbons (Fsp3) is 0.250. The lowest BCUT2D eigenvalue weighted by Gasteiger charge is -2.11. The predicted octanol–water partition coefficient (Wildman–Crippen LogP) is 2.13. The number of morpholine rings is 1. The maximum absolute atomic E-state index is 12.9. The van der Waals surface area contributed by atoms with Crippen molar-refractivity contribution in [2.75, 3.05) is 32.8 Å². The monoisotopic (exact) mass is 431 g/mol. The summed E-state index contributed by atoms with van der Waals surface area (Å²) < 4.78 is 6.12. The number of aromatic nitrogens is 2. The smallest absolute Gasteiger partial charge is 0.284 e. The zero-order valence-corrected chi connectivity index (χ0v) is 17.9. The summed E-state index contributed by atoms with van der Waals surface area (Å²) in [6.45, 7) is 6.01. The summed E-state index contributed by atoms with van der Waals surface area (Å²) in [6, 6.07) is 19.4. The van der Waals surface area contributed by atoms with Crippen molar-refractivity contribution in [1.82, 2.24) is 20.4 Å². The van der Waals surface area contributed by atoms with Crippen LogP contribution < -0.4 is 16.2 Å². The minimum Gasteiger partial charge on any atom is -0.379 e. The van der Waals surface area contributed by atoms with Crippen LogP contribution in [0.15, 0.2) is 65.5 Å². The van der Waals surface area contributed by atoms with Gasteiger partial charge in [-0.1, -0.05) is 42.5 Å². The quantitative estimate of drug-likeness (QED) is 0.655. The van der Waals surface area contributed by atoms with Gasteiger partial charge >= 0.3 is 0 Å². The van der Waals surface area contributed by atoms with Gasteiger partial charge in [0.1, 0.15) is 11.6 Å². The van der Waals surface area contributed by atoms with Crippen LogP contribution in [0.3, 0.4) is 0 Å². The van der Waals surface area contributed by atoms with Gasteiger partial charge in [0.05, 0.1) is 30.2 Å². The van der Waals surface area contributed by atoms with E-state index in [1.54, 1.807) is 31.2 Å². The molecule has 0 bridgehead atoms. The van der Waals surface area contributed by atoms with Crippen LogP contribution in [0.4, 0.5) is 0 Å². The standard InChI is InChI=1S/C20H16N4O2.C4H9NO/c1-2-22-19(25)16-12-17(14-8-4-3-5-9-14)23-24(20(16)26)18-11-7-6-10-15(18)13-21;1-3-6-4-2-5-1/h3-12H,2H2,1H3,(H,22,25);5H,1-4H2. The zero-order chi connectivity index (χ0) is 22.8. The first-order chi connectivity index (χ1) is 15.7. The third-order valence-corrected chi connectivity index (χ3v) is 4.66. The molecule has 4 rings (SSSR count). The SMILES string of the molecule is C1COCCN1.CCNC(=O)c1cc(-c2ccccc2)nn(-c2ccccc2C#N)c1=O. The van der Waals surface area contributed by atoms with E-state index in [0.717, 1.165) is 36.5 Å². The van der Waals surface area contributed by atoms with Crippen molar-refractivity contribution in [2.24, 2.45) is 0 Å². The van der Waals surface area contributed by atoms with E-state index in [1.165, 1.54) is 6.07 Å². The Morgan fingerprint density at radius 3 is 2.44 bits per heavy atom. The fourth-order valence-corrected chi connectivity index (χ4v) is 3.09. The van der Waals surface area contributed by atoms with Crippen LogP contribution in [0.25, 0.3) is 16.9 Å². The van der Waals surface area contributed by atoms with Gasteiger partial charge in [-0.2, -0.15) is 15.0 Å². The summed E-state index contributed by atoms with van der Waals surface area (Å²) >= 11 is 0. The lowest BCUT2D eigenvalue weighted by molar-refractivity contribution is 0.0953. The topological polar surface area (TPSA) is 109 Å². The van der Waals surface area contributed by atoms with Gasteiger partial charge in [-0.15, -0.1) is 0 Å². The average Bonchev–Trinajstić information content (AvgIpc) is 2.86. The second-order valence-electron chi connectivity index (χ2n) is 6.88. The highest BCUT2D eigenvalue weighted by atomic mass is 16.5. The van der Waals surface area contributed by atoms with Gasteiger partial charge in [0.2, 0.25) is 0 Å². The first kappa shape index (κ1) is 22.9. The van der Waals surface area contributed by atoms with Crippen LogP contribution in [-0.4, -0.2) is 48.5 Å². The molecule has 1 saturated heterocycles. The van der Waals surface area contributed by atoms with Crippen LogP contribution in [0, 0.1) is 11.3 Å². The number of hydrogen-bond donors (Lipinski definition) is 2. The maximum Gasteiger partial charge on any atom is 0.284 e. The molecule has 8 nitrogen and oxygen atoms in total. The zero-order valence-electron chi connectivity index (χ0n) is 17.9. The number of ether oxygens (including phenoxy) is 1. The molecule has 0 atom stereocenters. The molecule has 0 aliphatic carbocycles. The molecule has 0 radical (unpaired) electrons. The Morgan fingerprint density at radius 1 is 1.16 bits per heavy atom. The van der Waals surface area contributed by atoms with E-state index < -0.39 is 11.5 Å². The van der Waals surface area contributed by atoms with Crippen LogP contribution in [0.5, 0.6) is 0 Å². The molecule has 3 aromatic rings. The van der Waals surface area contributed by atoms with Gasteiger partial charge < -0.3 is 15.4 Å². The summed E-state index contributed by atoms with van der Waals surface area (Å²) in [5, 5.41) is 19.5. The second kappa shape index (κ2) is 11.6. The summed E-state index contributed by atoms with van der Waals surface area (Å²) in [6.07, 6.45) is 0. The van der Waals surface area contributed by atoms with Crippen molar-refractivity contribution in [1.29, 1.82) is 5.26 Å². The maximum atomic E-state index is 12.9. The van der Waals surface area contributed by atoms with E-state index in [1.807, 2.05) is 30.3 Å². The van der Waals surface area contributed by atoms with Gasteiger partial charge in [-0.25, -0.2) is 0 Å². The number of carbonyl (C=O) groups excluding carboxylic acids is 1. The molecule has 1 aliphatic heterocycles. The van der Waals surface area contributed by atoms with Gasteiger partial charge in [-0.05, 0) is 25.1 Å². The molecule has 1 amide bonds. The number of benzene rings is 2. The van der Waals surface area contributed by atoms with E-state index in [0.29, 0.717) is 23.5 Å². The van der Waals surface area contributed by atoms with Crippen molar-refractivity contribution < 1.29 is 9.53 Å². The van der Waals surface area contributed by atoms with Crippen molar-refractivity contribution in [3.8, 4) is 23.0 Å². The first-order valence-electron chi connectivity index (χ1n) is 10.4. The number of carbonyl (C=O) groups is 1. The molecular weight excluding hydrogens is 406 g/mol. The second-order valence-corrected chi connectivity index (χ2v) is 6.88. The molecule has 8 heteroatoms. The Balaban J connectivity index is 0.000000416.